The Morgan fingerprint density at radius 3 is 2.48 bits per heavy atom. The third-order valence-electron chi connectivity index (χ3n) is 4.64. The number of amides is 1. The summed E-state index contributed by atoms with van der Waals surface area (Å²) in [6, 6.07) is 0. The van der Waals surface area contributed by atoms with E-state index in [1.807, 2.05) is 6.92 Å². The van der Waals surface area contributed by atoms with Crippen LogP contribution in [0.15, 0.2) is 9.59 Å². The molecule has 0 saturated carbocycles. The lowest BCUT2D eigenvalue weighted by Gasteiger charge is -2.29. The Balaban J connectivity index is 2.30. The Kier molecular flexibility index (Phi) is 6.81. The second kappa shape index (κ2) is 8.84. The molecular formula is C17H29N5O3. The number of piperidine rings is 1. The minimum absolute atomic E-state index is 0.0658. The van der Waals surface area contributed by atoms with Gasteiger partial charge in [-0.15, -0.1) is 0 Å². The highest BCUT2D eigenvalue weighted by Crippen LogP contribution is 2.18. The monoisotopic (exact) mass is 351 g/mol. The minimum Gasteiger partial charge on any atom is -0.383 e. The number of nitrogen functional groups attached to an aromatic ring is 1. The van der Waals surface area contributed by atoms with E-state index in [-0.39, 0.29) is 24.0 Å². The fraction of sp³-hybridized carbons (Fsp3) is 0.706. The van der Waals surface area contributed by atoms with Crippen LogP contribution in [-0.4, -0.2) is 46.5 Å². The smallest absolute Gasteiger partial charge is 0.330 e. The normalized spacial score (nSPS) is 15.3. The molecule has 0 spiro atoms. The maximum absolute atomic E-state index is 12.7. The number of H-pyrrole nitrogens is 1. The molecule has 0 bridgehead atoms. The lowest BCUT2D eigenvalue weighted by Crippen LogP contribution is -2.46. The molecule has 0 unspecified atom stereocenters. The van der Waals surface area contributed by atoms with Crippen LogP contribution < -0.4 is 21.9 Å². The van der Waals surface area contributed by atoms with Gasteiger partial charge in [0.15, 0.2) is 5.69 Å². The number of hydrogen-bond donors (Lipinski definition) is 2. The van der Waals surface area contributed by atoms with E-state index in [1.165, 1.54) is 15.9 Å². The van der Waals surface area contributed by atoms with Crippen molar-refractivity contribution in [1.82, 2.24) is 14.5 Å². The third-order valence-corrected chi connectivity index (χ3v) is 4.64. The van der Waals surface area contributed by atoms with Crippen molar-refractivity contribution in [3.8, 4) is 0 Å². The standard InChI is InChI=1S/C17H29N5O3/c1-3-5-11-22-15(18)14(16(24)19-17(22)25)21(4-2)13(23)12-20-9-7-6-8-10-20/h3-12,18H2,1-2H3,(H,19,24,25). The van der Waals surface area contributed by atoms with Gasteiger partial charge in [0.25, 0.3) is 5.56 Å². The van der Waals surface area contributed by atoms with Crippen LogP contribution in [0.3, 0.4) is 0 Å². The van der Waals surface area contributed by atoms with Crippen molar-refractivity contribution in [2.24, 2.45) is 0 Å². The van der Waals surface area contributed by atoms with Gasteiger partial charge < -0.3 is 10.6 Å². The molecule has 8 heteroatoms. The highest BCUT2D eigenvalue weighted by molar-refractivity contribution is 5.96. The maximum atomic E-state index is 12.7. The second-order valence-electron chi connectivity index (χ2n) is 6.47. The Bertz CT molecular complexity index is 703. The van der Waals surface area contributed by atoms with E-state index in [1.54, 1.807) is 6.92 Å². The van der Waals surface area contributed by atoms with Gasteiger partial charge in [-0.3, -0.25) is 24.0 Å². The quantitative estimate of drug-likeness (QED) is 0.754. The van der Waals surface area contributed by atoms with Crippen LogP contribution in [0.5, 0.6) is 0 Å². The number of aromatic amines is 1. The number of carbonyl (C=O) groups is 1. The van der Waals surface area contributed by atoms with E-state index in [0.717, 1.165) is 38.8 Å². The van der Waals surface area contributed by atoms with Gasteiger partial charge in [-0.25, -0.2) is 4.79 Å². The zero-order valence-corrected chi connectivity index (χ0v) is 15.2. The number of nitrogens with zero attached hydrogens (tertiary/aromatic N) is 3. The van der Waals surface area contributed by atoms with Crippen molar-refractivity contribution in [2.45, 2.75) is 52.5 Å². The molecule has 2 heterocycles. The van der Waals surface area contributed by atoms with Crippen molar-refractivity contribution in [3.63, 3.8) is 0 Å². The predicted octanol–water partition coefficient (Wildman–Crippen LogP) is 0.758. The maximum Gasteiger partial charge on any atom is 0.330 e. The molecule has 1 aromatic heterocycles. The van der Waals surface area contributed by atoms with E-state index < -0.39 is 11.2 Å². The Hall–Kier alpha value is -2.09. The zero-order chi connectivity index (χ0) is 18.4. The number of nitrogens with two attached hydrogens (primary N) is 1. The van der Waals surface area contributed by atoms with Crippen molar-refractivity contribution in [3.05, 3.63) is 20.8 Å². The number of anilines is 2. The molecule has 0 radical (unpaired) electrons. The van der Waals surface area contributed by atoms with Crippen molar-refractivity contribution in [2.75, 3.05) is 36.8 Å². The fourth-order valence-corrected chi connectivity index (χ4v) is 3.23. The van der Waals surface area contributed by atoms with Gasteiger partial charge in [0.05, 0.1) is 6.54 Å². The predicted molar refractivity (Wildman–Crippen MR) is 99.0 cm³/mol. The molecule has 2 rings (SSSR count). The van der Waals surface area contributed by atoms with Crippen LogP contribution in [-0.2, 0) is 11.3 Å². The van der Waals surface area contributed by atoms with Gasteiger partial charge >= 0.3 is 5.69 Å². The molecule has 25 heavy (non-hydrogen) atoms. The number of carbonyl (C=O) groups excluding carboxylic acids is 1. The van der Waals surface area contributed by atoms with E-state index in [0.29, 0.717) is 13.1 Å². The number of hydrogen-bond acceptors (Lipinski definition) is 5. The molecule has 1 aliphatic rings. The Morgan fingerprint density at radius 2 is 1.88 bits per heavy atom. The van der Waals surface area contributed by atoms with Gasteiger partial charge in [0.2, 0.25) is 5.91 Å². The average molecular weight is 351 g/mol. The second-order valence-corrected chi connectivity index (χ2v) is 6.47. The molecule has 0 aliphatic carbocycles. The summed E-state index contributed by atoms with van der Waals surface area (Å²) >= 11 is 0. The first-order valence-electron chi connectivity index (χ1n) is 9.14. The van der Waals surface area contributed by atoms with Crippen LogP contribution in [0.4, 0.5) is 11.5 Å². The molecule has 3 N–H and O–H groups in total. The molecule has 140 valence electrons. The summed E-state index contributed by atoms with van der Waals surface area (Å²) in [4.78, 5) is 42.9. The van der Waals surface area contributed by atoms with Crippen molar-refractivity contribution < 1.29 is 4.79 Å². The van der Waals surface area contributed by atoms with Crippen LogP contribution in [0.2, 0.25) is 0 Å². The van der Waals surface area contributed by atoms with Crippen molar-refractivity contribution >= 4 is 17.4 Å². The van der Waals surface area contributed by atoms with Crippen LogP contribution >= 0.6 is 0 Å². The van der Waals surface area contributed by atoms with Gasteiger partial charge in [0, 0.05) is 13.1 Å². The summed E-state index contributed by atoms with van der Waals surface area (Å²) in [5.74, 6) is -0.0988. The van der Waals surface area contributed by atoms with E-state index in [2.05, 4.69) is 9.88 Å². The summed E-state index contributed by atoms with van der Waals surface area (Å²) in [6.45, 7) is 6.61. The number of aromatic nitrogens is 2. The zero-order valence-electron chi connectivity index (χ0n) is 15.2. The topological polar surface area (TPSA) is 104 Å². The third kappa shape index (κ3) is 4.50. The molecule has 8 nitrogen and oxygen atoms in total. The molecule has 1 aromatic rings. The summed E-state index contributed by atoms with van der Waals surface area (Å²) in [5, 5.41) is 0. The molecular weight excluding hydrogens is 322 g/mol. The lowest BCUT2D eigenvalue weighted by atomic mass is 10.1. The largest absolute Gasteiger partial charge is 0.383 e. The molecule has 1 amide bonds. The SMILES string of the molecule is CCCCn1c(N)c(N(CC)C(=O)CN2CCCCC2)c(=O)[nH]c1=O. The molecule has 0 atom stereocenters. The van der Waals surface area contributed by atoms with Gasteiger partial charge in [-0.2, -0.15) is 0 Å². The summed E-state index contributed by atoms with van der Waals surface area (Å²) in [5.41, 5.74) is 5.06. The van der Waals surface area contributed by atoms with Crippen molar-refractivity contribution in [1.29, 1.82) is 0 Å². The molecule has 1 saturated heterocycles. The minimum atomic E-state index is -0.607. The first-order valence-corrected chi connectivity index (χ1v) is 9.14. The highest BCUT2D eigenvalue weighted by atomic mass is 16.2. The fourth-order valence-electron chi connectivity index (χ4n) is 3.23. The van der Waals surface area contributed by atoms with Gasteiger partial charge in [-0.05, 0) is 39.3 Å². The number of rotatable bonds is 7. The molecule has 1 aliphatic heterocycles. The highest BCUT2D eigenvalue weighted by Gasteiger charge is 2.24. The number of likely N-dealkylation sites (tertiary alicyclic amines) is 1. The van der Waals surface area contributed by atoms with Gasteiger partial charge in [-0.1, -0.05) is 19.8 Å². The number of unbranched alkanes of at least 4 members (excludes halogenated alkanes) is 1. The van der Waals surface area contributed by atoms with E-state index in [9.17, 15) is 14.4 Å². The Morgan fingerprint density at radius 1 is 1.20 bits per heavy atom. The Labute approximate surface area is 147 Å². The first-order chi connectivity index (χ1) is 12.0. The molecule has 0 aromatic carbocycles. The lowest BCUT2D eigenvalue weighted by molar-refractivity contribution is -0.119. The number of nitrogens with one attached hydrogen (secondary N) is 1. The van der Waals surface area contributed by atoms with Crippen LogP contribution in [0.25, 0.3) is 0 Å². The first kappa shape index (κ1) is 19.2. The summed E-state index contributed by atoms with van der Waals surface area (Å²) in [7, 11) is 0. The average Bonchev–Trinajstić information content (AvgIpc) is 2.59. The number of likely N-dealkylation sites (N-methyl/N-ethyl adjacent to an activating group) is 1. The summed E-state index contributed by atoms with van der Waals surface area (Å²) < 4.78 is 1.34. The van der Waals surface area contributed by atoms with E-state index in [4.69, 9.17) is 5.73 Å². The summed E-state index contributed by atoms with van der Waals surface area (Å²) in [6.07, 6.45) is 5.03. The van der Waals surface area contributed by atoms with Crippen LogP contribution in [0.1, 0.15) is 46.0 Å². The van der Waals surface area contributed by atoms with E-state index >= 15 is 0 Å². The van der Waals surface area contributed by atoms with Gasteiger partial charge in [0.1, 0.15) is 5.82 Å². The van der Waals surface area contributed by atoms with Crippen LogP contribution in [0, 0.1) is 0 Å². The molecule has 1 fully saturated rings.